The average Bonchev–Trinajstić information content (AvgIpc) is 3.91. The lowest BCUT2D eigenvalue weighted by Crippen LogP contribution is -2.00. The molecular formula is C54H32N4O2. The molecule has 0 N–H and O–H groups in total. The number of benzene rings is 8. The van der Waals surface area contributed by atoms with Crippen LogP contribution in [0.5, 0.6) is 0 Å². The number of hydrogen-bond acceptors (Lipinski definition) is 6. The Labute approximate surface area is 344 Å². The Morgan fingerprint density at radius 1 is 0.283 bits per heavy atom. The Morgan fingerprint density at radius 2 is 0.733 bits per heavy atom. The lowest BCUT2D eigenvalue weighted by Gasteiger charge is -2.11. The summed E-state index contributed by atoms with van der Waals surface area (Å²) in [5.74, 6) is 1.77. The number of furan rings is 2. The summed E-state index contributed by atoms with van der Waals surface area (Å²) in [4.78, 5) is 20.5. The van der Waals surface area contributed by atoms with E-state index in [4.69, 9.17) is 28.8 Å². The highest BCUT2D eigenvalue weighted by Gasteiger charge is 2.21. The van der Waals surface area contributed by atoms with E-state index in [1.165, 1.54) is 0 Å². The Hall–Kier alpha value is -8.22. The standard InChI is InChI=1S/C54H32N4O2/c1-3-13-33(14-4-1)39-19-11-22-44-47-43-18-8-10-24-46(43)60-51(47)48(55-49(39)44)35-27-31-38(32-28-35)54-57-52(36-15-5-2-6-16-36)56-53(58-54)37-29-25-34(26-30-37)40-20-12-21-42-41-17-7-9-23-45(41)59-50(40)42/h1-32H. The lowest BCUT2D eigenvalue weighted by atomic mass is 9.97. The van der Waals surface area contributed by atoms with Gasteiger partial charge in [-0.15, -0.1) is 0 Å². The zero-order valence-electron chi connectivity index (χ0n) is 32.1. The van der Waals surface area contributed by atoms with Crippen molar-refractivity contribution >= 4 is 54.8 Å². The van der Waals surface area contributed by atoms with Crippen molar-refractivity contribution in [2.75, 3.05) is 0 Å². The van der Waals surface area contributed by atoms with Gasteiger partial charge in [0.05, 0.1) is 5.52 Å². The van der Waals surface area contributed by atoms with E-state index in [1.54, 1.807) is 0 Å². The Kier molecular flexibility index (Phi) is 7.74. The maximum Gasteiger partial charge on any atom is 0.164 e. The van der Waals surface area contributed by atoms with Crippen LogP contribution in [-0.4, -0.2) is 19.9 Å². The van der Waals surface area contributed by atoms with Gasteiger partial charge in [-0.3, -0.25) is 0 Å². The van der Waals surface area contributed by atoms with Crippen molar-refractivity contribution in [1.82, 2.24) is 19.9 Å². The van der Waals surface area contributed by atoms with Gasteiger partial charge in [-0.25, -0.2) is 19.9 Å². The minimum absolute atomic E-state index is 0.577. The van der Waals surface area contributed by atoms with E-state index in [9.17, 15) is 0 Å². The van der Waals surface area contributed by atoms with Gasteiger partial charge in [0, 0.05) is 60.3 Å². The molecule has 0 aliphatic carbocycles. The van der Waals surface area contributed by atoms with E-state index in [1.807, 2.05) is 66.7 Å². The van der Waals surface area contributed by atoms with Crippen molar-refractivity contribution in [2.24, 2.45) is 0 Å². The molecule has 0 amide bonds. The zero-order chi connectivity index (χ0) is 39.6. The monoisotopic (exact) mass is 768 g/mol. The highest BCUT2D eigenvalue weighted by molar-refractivity contribution is 6.22. The number of nitrogens with zero attached hydrogens (tertiary/aromatic N) is 4. The summed E-state index contributed by atoms with van der Waals surface area (Å²) < 4.78 is 13.0. The van der Waals surface area contributed by atoms with Crippen LogP contribution in [0, 0.1) is 0 Å². The fourth-order valence-electron chi connectivity index (χ4n) is 8.46. The first-order chi connectivity index (χ1) is 29.7. The van der Waals surface area contributed by atoms with Crippen LogP contribution in [-0.2, 0) is 0 Å². The normalized spacial score (nSPS) is 11.7. The maximum absolute atomic E-state index is 6.61. The summed E-state index contributed by atoms with van der Waals surface area (Å²) in [5.41, 5.74) is 12.9. The molecule has 280 valence electrons. The second-order valence-corrected chi connectivity index (χ2v) is 14.9. The lowest BCUT2D eigenvalue weighted by molar-refractivity contribution is 0.668. The van der Waals surface area contributed by atoms with Crippen LogP contribution in [0.2, 0.25) is 0 Å². The van der Waals surface area contributed by atoms with Crippen LogP contribution < -0.4 is 0 Å². The van der Waals surface area contributed by atoms with Gasteiger partial charge in [-0.05, 0) is 23.3 Å². The third-order valence-electron chi connectivity index (χ3n) is 11.4. The van der Waals surface area contributed by atoms with Crippen molar-refractivity contribution in [1.29, 1.82) is 0 Å². The summed E-state index contributed by atoms with van der Waals surface area (Å²) in [5, 5.41) is 5.39. The fourth-order valence-corrected chi connectivity index (χ4v) is 8.46. The molecule has 0 atom stereocenters. The van der Waals surface area contributed by atoms with Crippen molar-refractivity contribution in [3.63, 3.8) is 0 Å². The molecule has 12 rings (SSSR count). The van der Waals surface area contributed by atoms with Gasteiger partial charge in [0.15, 0.2) is 23.1 Å². The Balaban J connectivity index is 0.967. The molecule has 4 aromatic heterocycles. The highest BCUT2D eigenvalue weighted by atomic mass is 16.3. The molecule has 0 fully saturated rings. The van der Waals surface area contributed by atoms with Crippen LogP contribution in [0.1, 0.15) is 0 Å². The molecular weight excluding hydrogens is 737 g/mol. The van der Waals surface area contributed by atoms with E-state index in [0.717, 1.165) is 105 Å². The van der Waals surface area contributed by atoms with Crippen LogP contribution in [0.25, 0.3) is 122 Å². The molecule has 0 unspecified atom stereocenters. The second kappa shape index (κ2) is 13.7. The summed E-state index contributed by atoms with van der Waals surface area (Å²) in [6, 6.07) is 66.2. The molecule has 0 aliphatic heterocycles. The van der Waals surface area contributed by atoms with Gasteiger partial charge in [0.25, 0.3) is 0 Å². The van der Waals surface area contributed by atoms with Crippen molar-refractivity contribution in [3.05, 3.63) is 194 Å². The van der Waals surface area contributed by atoms with E-state index >= 15 is 0 Å². The van der Waals surface area contributed by atoms with Gasteiger partial charge in [-0.2, -0.15) is 0 Å². The molecule has 0 radical (unpaired) electrons. The fraction of sp³-hybridized carbons (Fsp3) is 0. The highest BCUT2D eigenvalue weighted by Crippen LogP contribution is 2.42. The Morgan fingerprint density at radius 3 is 1.40 bits per heavy atom. The first-order valence-electron chi connectivity index (χ1n) is 20.0. The molecule has 0 spiro atoms. The summed E-state index contributed by atoms with van der Waals surface area (Å²) in [6.45, 7) is 0. The molecule has 8 aromatic carbocycles. The molecule has 4 heterocycles. The minimum atomic E-state index is 0.577. The van der Waals surface area contributed by atoms with Crippen molar-refractivity contribution in [2.45, 2.75) is 0 Å². The summed E-state index contributed by atoms with van der Waals surface area (Å²) in [7, 11) is 0. The van der Waals surface area contributed by atoms with Crippen molar-refractivity contribution in [3.8, 4) is 67.7 Å². The first kappa shape index (κ1) is 33.9. The van der Waals surface area contributed by atoms with E-state index in [0.29, 0.717) is 17.5 Å². The summed E-state index contributed by atoms with van der Waals surface area (Å²) >= 11 is 0. The summed E-state index contributed by atoms with van der Waals surface area (Å²) in [6.07, 6.45) is 0. The Bertz CT molecular complexity index is 3580. The van der Waals surface area contributed by atoms with Crippen LogP contribution in [0.3, 0.4) is 0 Å². The SMILES string of the molecule is c1ccc(-c2nc(-c3ccc(-c4cccc5c4oc4ccccc45)cc3)nc(-c3ccc(-c4nc5c(-c6ccccc6)cccc5c5c4oc4ccccc45)cc3)n2)cc1. The van der Waals surface area contributed by atoms with Gasteiger partial charge in [-0.1, -0.05) is 182 Å². The van der Waals surface area contributed by atoms with Gasteiger partial charge < -0.3 is 8.83 Å². The van der Waals surface area contributed by atoms with Crippen molar-refractivity contribution < 1.29 is 8.83 Å². The molecule has 60 heavy (non-hydrogen) atoms. The second-order valence-electron chi connectivity index (χ2n) is 14.9. The first-order valence-corrected chi connectivity index (χ1v) is 20.0. The topological polar surface area (TPSA) is 77.8 Å². The van der Waals surface area contributed by atoms with Crippen LogP contribution >= 0.6 is 0 Å². The number of pyridine rings is 1. The predicted octanol–water partition coefficient (Wildman–Crippen LogP) is 14.2. The quantitative estimate of drug-likeness (QED) is 0.168. The van der Waals surface area contributed by atoms with Crippen LogP contribution in [0.4, 0.5) is 0 Å². The molecule has 0 aliphatic rings. The molecule has 0 bridgehead atoms. The number of aromatic nitrogens is 4. The van der Waals surface area contributed by atoms with Crippen LogP contribution in [0.15, 0.2) is 203 Å². The largest absolute Gasteiger partial charge is 0.455 e. The smallest absolute Gasteiger partial charge is 0.164 e. The van der Waals surface area contributed by atoms with E-state index in [-0.39, 0.29) is 0 Å². The molecule has 0 saturated carbocycles. The minimum Gasteiger partial charge on any atom is -0.455 e. The number of rotatable bonds is 6. The maximum atomic E-state index is 6.61. The number of hydrogen-bond donors (Lipinski definition) is 0. The molecule has 0 saturated heterocycles. The average molecular weight is 769 g/mol. The van der Waals surface area contributed by atoms with Gasteiger partial charge in [0.1, 0.15) is 22.4 Å². The van der Waals surface area contributed by atoms with E-state index in [2.05, 4.69) is 127 Å². The third-order valence-corrected chi connectivity index (χ3v) is 11.4. The molecule has 12 aromatic rings. The number of para-hydroxylation sites is 4. The van der Waals surface area contributed by atoms with Gasteiger partial charge >= 0.3 is 0 Å². The van der Waals surface area contributed by atoms with Gasteiger partial charge in [0.2, 0.25) is 0 Å². The zero-order valence-corrected chi connectivity index (χ0v) is 32.1. The number of fused-ring (bicyclic) bond motifs is 8. The predicted molar refractivity (Wildman–Crippen MR) is 242 cm³/mol. The molecule has 6 heteroatoms. The molecule has 6 nitrogen and oxygen atoms in total. The van der Waals surface area contributed by atoms with E-state index < -0.39 is 0 Å². The third kappa shape index (κ3) is 5.57.